The number of carbonyl (C=O) groups excluding carboxylic acids is 4. The monoisotopic (exact) mass is 1010 g/mol. The number of anilines is 2. The summed E-state index contributed by atoms with van der Waals surface area (Å²) in [6.45, 7) is 0.176. The van der Waals surface area contributed by atoms with Crippen molar-refractivity contribution in [3.63, 3.8) is 0 Å². The molecule has 5 aromatic carbocycles. The molecule has 1 aromatic heterocycles. The lowest BCUT2D eigenvalue weighted by atomic mass is 9.49. The Morgan fingerprint density at radius 1 is 0.819 bits per heavy atom. The largest absolute Gasteiger partial charge is 0.508 e. The lowest BCUT2D eigenvalue weighted by molar-refractivity contribution is -0.139. The van der Waals surface area contributed by atoms with Gasteiger partial charge in [-0.1, -0.05) is 108 Å². The molecule has 6 unspecified atom stereocenters. The highest BCUT2D eigenvalue weighted by atomic mass is 35.5. The van der Waals surface area contributed by atoms with E-state index in [1.165, 1.54) is 11.0 Å². The van der Waals surface area contributed by atoms with E-state index in [1.54, 1.807) is 87.0 Å². The van der Waals surface area contributed by atoms with Crippen molar-refractivity contribution in [2.45, 2.75) is 37.0 Å². The van der Waals surface area contributed by atoms with Crippen LogP contribution in [0.5, 0.6) is 23.0 Å². The third kappa shape index (κ3) is 8.29. The summed E-state index contributed by atoms with van der Waals surface area (Å²) in [6, 6.07) is 33.4. The normalized spacial score (nSPS) is 22.7. The van der Waals surface area contributed by atoms with Crippen molar-refractivity contribution in [1.29, 1.82) is 0 Å². The Morgan fingerprint density at radius 2 is 1.56 bits per heavy atom. The van der Waals surface area contributed by atoms with Gasteiger partial charge in [0.05, 0.1) is 53.7 Å². The number of hydrogen-bond donors (Lipinski definition) is 2. The van der Waals surface area contributed by atoms with Crippen LogP contribution in [0.3, 0.4) is 0 Å². The quantitative estimate of drug-likeness (QED) is 0.0690. The number of aromatic hydroxyl groups is 1. The number of hydrazine groups is 1. The standard InChI is InChI=1S/C55H43Cl2F3N4O8/c1-70-37-19-23-46(71-2)32(24-37)11-8-30-9-16-36(17-10-30)63-50(66)41-22-21-39-42(47(41)52(63)68)27-43-51(67)64(62-49-44(57)25-34(28-61-49)55(58,59)60)53(69)54(43,33-12-14-35(56)15-13-33)48(39)40-20-18-38(26-45(40)65)72-29-31-6-4-3-5-7-31/h3-21,23-26,28,41-43,47-48,65H,22,27,29H2,1-2H3,(H,61,62). The minimum atomic E-state index is -4.79. The van der Waals surface area contributed by atoms with E-state index in [2.05, 4.69) is 10.4 Å². The van der Waals surface area contributed by atoms with Crippen LogP contribution in [0.4, 0.5) is 24.7 Å². The number of phenols is 1. The molecule has 4 aliphatic rings. The molecule has 0 radical (unpaired) electrons. The van der Waals surface area contributed by atoms with Gasteiger partial charge in [0.25, 0.3) is 11.8 Å². The number of fused-ring (bicyclic) bond motifs is 4. The number of allylic oxidation sites excluding steroid dienone is 2. The Balaban J connectivity index is 1.05. The molecule has 4 amide bonds. The molecule has 6 atom stereocenters. The lowest BCUT2D eigenvalue weighted by Crippen LogP contribution is -2.53. The molecule has 0 spiro atoms. The molecule has 3 fully saturated rings. The first kappa shape index (κ1) is 48.0. The molecule has 2 N–H and O–H groups in total. The summed E-state index contributed by atoms with van der Waals surface area (Å²) in [4.78, 5) is 65.5. The number of nitrogens with zero attached hydrogens (tertiary/aromatic N) is 3. The number of phenolic OH excluding ortho intramolecular Hbond substituents is 1. The Labute approximate surface area is 421 Å². The molecule has 72 heavy (non-hydrogen) atoms. The average Bonchev–Trinajstić information content (AvgIpc) is 3.76. The number of ether oxygens (including phenoxy) is 3. The van der Waals surface area contributed by atoms with Crippen molar-refractivity contribution in [1.82, 2.24) is 9.99 Å². The highest BCUT2D eigenvalue weighted by Crippen LogP contribution is 2.65. The Kier molecular flexibility index (Phi) is 12.6. The van der Waals surface area contributed by atoms with Crippen molar-refractivity contribution < 1.29 is 51.7 Å². The van der Waals surface area contributed by atoms with E-state index in [0.29, 0.717) is 56.4 Å². The second-order valence-electron chi connectivity index (χ2n) is 18.0. The van der Waals surface area contributed by atoms with Gasteiger partial charge in [0.15, 0.2) is 5.82 Å². The van der Waals surface area contributed by atoms with Gasteiger partial charge in [-0.15, -0.1) is 0 Å². The molecule has 0 bridgehead atoms. The first-order valence-corrected chi connectivity index (χ1v) is 23.6. The van der Waals surface area contributed by atoms with Crippen LogP contribution >= 0.6 is 23.2 Å². The van der Waals surface area contributed by atoms with Crippen LogP contribution in [0.15, 0.2) is 139 Å². The van der Waals surface area contributed by atoms with Gasteiger partial charge in [0.1, 0.15) is 29.6 Å². The summed E-state index contributed by atoms with van der Waals surface area (Å²) in [6.07, 6.45) is 1.26. The molecule has 17 heteroatoms. The first-order chi connectivity index (χ1) is 34.6. The number of aromatic nitrogens is 1. The number of carbonyl (C=O) groups is 4. The zero-order chi connectivity index (χ0) is 50.6. The molecule has 3 heterocycles. The molecule has 6 aromatic rings. The number of methoxy groups -OCH3 is 2. The zero-order valence-electron chi connectivity index (χ0n) is 38.4. The topological polar surface area (TPSA) is 148 Å². The maximum atomic E-state index is 15.7. The number of imide groups is 2. The molecule has 2 aliphatic carbocycles. The Bertz CT molecular complexity index is 3210. The molecule has 12 nitrogen and oxygen atoms in total. The number of amides is 4. The highest BCUT2D eigenvalue weighted by molar-refractivity contribution is 6.33. The number of nitrogens with one attached hydrogen (secondary N) is 1. The van der Waals surface area contributed by atoms with Gasteiger partial charge in [0, 0.05) is 34.3 Å². The van der Waals surface area contributed by atoms with Gasteiger partial charge in [0.2, 0.25) is 11.8 Å². The van der Waals surface area contributed by atoms with Crippen molar-refractivity contribution >= 4 is 70.5 Å². The van der Waals surface area contributed by atoms with Crippen LogP contribution in [-0.2, 0) is 37.4 Å². The molecule has 2 aliphatic heterocycles. The molecule has 2 saturated heterocycles. The minimum absolute atomic E-state index is 0.0901. The summed E-state index contributed by atoms with van der Waals surface area (Å²) >= 11 is 12.8. The fourth-order valence-corrected chi connectivity index (χ4v) is 11.2. The Morgan fingerprint density at radius 3 is 2.24 bits per heavy atom. The van der Waals surface area contributed by atoms with E-state index in [0.717, 1.165) is 16.7 Å². The fourth-order valence-electron chi connectivity index (χ4n) is 10.9. The summed E-state index contributed by atoms with van der Waals surface area (Å²) in [5, 5.41) is 12.7. The van der Waals surface area contributed by atoms with E-state index < -0.39 is 81.2 Å². The second kappa shape index (κ2) is 18.9. The van der Waals surface area contributed by atoms with Gasteiger partial charge < -0.3 is 19.3 Å². The van der Waals surface area contributed by atoms with Gasteiger partial charge in [-0.2, -0.15) is 18.2 Å². The van der Waals surface area contributed by atoms with Crippen LogP contribution in [0.1, 0.15) is 52.1 Å². The third-order valence-electron chi connectivity index (χ3n) is 14.2. The number of rotatable bonds is 12. The van der Waals surface area contributed by atoms with Crippen molar-refractivity contribution in [3.05, 3.63) is 183 Å². The summed E-state index contributed by atoms with van der Waals surface area (Å²) < 4.78 is 58.0. The number of hydrogen-bond acceptors (Lipinski definition) is 10. The number of benzene rings is 5. The average molecular weight is 1020 g/mol. The molecule has 1 saturated carbocycles. The second-order valence-corrected chi connectivity index (χ2v) is 18.8. The number of alkyl halides is 3. The summed E-state index contributed by atoms with van der Waals surface area (Å²) in [5.41, 5.74) is 3.44. The predicted octanol–water partition coefficient (Wildman–Crippen LogP) is 11.1. The summed E-state index contributed by atoms with van der Waals surface area (Å²) in [5.74, 6) is -6.77. The highest BCUT2D eigenvalue weighted by Gasteiger charge is 2.71. The van der Waals surface area contributed by atoms with Crippen LogP contribution in [0.2, 0.25) is 10.0 Å². The molecule has 366 valence electrons. The smallest absolute Gasteiger partial charge is 0.417 e. The van der Waals surface area contributed by atoms with Crippen molar-refractivity contribution in [3.8, 4) is 23.0 Å². The number of pyridine rings is 1. The SMILES string of the molecule is COc1ccc(OC)c(C=Cc2ccc(N3C(=O)C4CC=C5C(CC6C(=O)N(Nc7ncc(C(F)(F)F)cc7Cl)C(=O)C6(c6ccc(Cl)cc6)C5c5ccc(OCc6ccccc6)cc5O)C4C3=O)cc2)c1. The maximum Gasteiger partial charge on any atom is 0.417 e. The predicted molar refractivity (Wildman–Crippen MR) is 263 cm³/mol. The zero-order valence-corrected chi connectivity index (χ0v) is 39.9. The van der Waals surface area contributed by atoms with E-state index in [-0.39, 0.29) is 30.8 Å². The van der Waals surface area contributed by atoms with Gasteiger partial charge >= 0.3 is 6.18 Å². The molecular formula is C55H43Cl2F3N4O8. The van der Waals surface area contributed by atoms with Crippen molar-refractivity contribution in [2.75, 3.05) is 24.5 Å². The van der Waals surface area contributed by atoms with Gasteiger partial charge in [-0.05, 0) is 90.0 Å². The van der Waals surface area contributed by atoms with E-state index >= 15 is 14.4 Å². The first-order valence-electron chi connectivity index (χ1n) is 22.8. The van der Waals surface area contributed by atoms with E-state index in [1.807, 2.05) is 54.6 Å². The molecular weight excluding hydrogens is 973 g/mol. The maximum absolute atomic E-state index is 15.7. The number of halogens is 5. The Hall–Kier alpha value is -7.62. The summed E-state index contributed by atoms with van der Waals surface area (Å²) in [7, 11) is 3.14. The fraction of sp³-hybridized carbons (Fsp3) is 0.218. The van der Waals surface area contributed by atoms with E-state index in [4.69, 9.17) is 37.4 Å². The van der Waals surface area contributed by atoms with Crippen LogP contribution in [0, 0.1) is 23.7 Å². The van der Waals surface area contributed by atoms with Gasteiger partial charge in [-0.3, -0.25) is 29.5 Å². The van der Waals surface area contributed by atoms with E-state index in [9.17, 15) is 23.1 Å². The van der Waals surface area contributed by atoms with Crippen LogP contribution < -0.4 is 24.5 Å². The van der Waals surface area contributed by atoms with Gasteiger partial charge in [-0.25, -0.2) is 4.98 Å². The minimum Gasteiger partial charge on any atom is -0.508 e. The van der Waals surface area contributed by atoms with Crippen LogP contribution in [-0.4, -0.2) is 52.9 Å². The lowest BCUT2D eigenvalue weighted by Gasteiger charge is -2.50. The van der Waals surface area contributed by atoms with Crippen molar-refractivity contribution in [2.24, 2.45) is 23.7 Å². The third-order valence-corrected chi connectivity index (χ3v) is 14.7. The molecule has 10 rings (SSSR count). The van der Waals surface area contributed by atoms with Crippen LogP contribution in [0.25, 0.3) is 12.2 Å².